The van der Waals surface area contributed by atoms with Gasteiger partial charge in [0.1, 0.15) is 0 Å². The molecule has 1 rings (SSSR count). The first kappa shape index (κ1) is 23.2. The summed E-state index contributed by atoms with van der Waals surface area (Å²) in [6, 6.07) is 8.52. The molecular weight excluding hydrogens is 294 g/mol. The molecule has 68 valence electrons. The standard InChI is InChI=1S/C8H11.3ClH.Zr/c1-2-5-8-6-3-4-7-8;;;;/h3-4,6-7H,2,5H2,1H3;3*1H;/q-1;;;;+4/p-3. The minimum Gasteiger partial charge on any atom is -1.00 e. The van der Waals surface area contributed by atoms with Crippen molar-refractivity contribution in [3.63, 3.8) is 0 Å². The maximum atomic E-state index is 2.20. The zero-order valence-electron chi connectivity index (χ0n) is 6.86. The largest absolute Gasteiger partial charge is 4.00 e. The van der Waals surface area contributed by atoms with Crippen molar-refractivity contribution < 1.29 is 63.4 Å². The van der Waals surface area contributed by atoms with Gasteiger partial charge in [0.2, 0.25) is 0 Å². The summed E-state index contributed by atoms with van der Waals surface area (Å²) in [5.74, 6) is 0. The van der Waals surface area contributed by atoms with Gasteiger partial charge in [0.25, 0.3) is 0 Å². The van der Waals surface area contributed by atoms with E-state index in [2.05, 4.69) is 31.2 Å². The van der Waals surface area contributed by atoms with E-state index in [0.717, 1.165) is 0 Å². The Morgan fingerprint density at radius 3 is 1.75 bits per heavy atom. The molecule has 4 heteroatoms. The monoisotopic (exact) mass is 302 g/mol. The van der Waals surface area contributed by atoms with Crippen LogP contribution < -0.4 is 37.2 Å². The van der Waals surface area contributed by atoms with Crippen molar-refractivity contribution in [1.82, 2.24) is 0 Å². The Morgan fingerprint density at radius 2 is 1.42 bits per heavy atom. The van der Waals surface area contributed by atoms with Gasteiger partial charge in [0.05, 0.1) is 0 Å². The van der Waals surface area contributed by atoms with Gasteiger partial charge < -0.3 is 37.2 Å². The van der Waals surface area contributed by atoms with Gasteiger partial charge >= 0.3 is 26.2 Å². The molecule has 1 aromatic carbocycles. The summed E-state index contributed by atoms with van der Waals surface area (Å²) >= 11 is 0. The normalized spacial score (nSPS) is 6.42. The van der Waals surface area contributed by atoms with Gasteiger partial charge in [-0.05, 0) is 0 Å². The number of halogens is 3. The second-order valence-electron chi connectivity index (χ2n) is 2.04. The van der Waals surface area contributed by atoms with Crippen LogP contribution in [-0.4, -0.2) is 0 Å². The van der Waals surface area contributed by atoms with Crippen molar-refractivity contribution in [2.75, 3.05) is 0 Å². The topological polar surface area (TPSA) is 0 Å². The first-order valence-electron chi connectivity index (χ1n) is 3.14. The van der Waals surface area contributed by atoms with Gasteiger partial charge in [-0.1, -0.05) is 19.8 Å². The Bertz CT molecular complexity index is 140. The number of aryl methyl sites for hydroxylation is 1. The molecule has 0 aliphatic heterocycles. The van der Waals surface area contributed by atoms with Crippen molar-refractivity contribution in [1.29, 1.82) is 0 Å². The molecule has 0 aromatic heterocycles. The van der Waals surface area contributed by atoms with E-state index >= 15 is 0 Å². The van der Waals surface area contributed by atoms with E-state index in [1.54, 1.807) is 0 Å². The van der Waals surface area contributed by atoms with Crippen LogP contribution in [0.4, 0.5) is 0 Å². The summed E-state index contributed by atoms with van der Waals surface area (Å²) in [6.45, 7) is 2.20. The van der Waals surface area contributed by atoms with Crippen LogP contribution >= 0.6 is 0 Å². The third-order valence-corrected chi connectivity index (χ3v) is 1.27. The molecule has 1 aromatic rings. The molecule has 0 saturated heterocycles. The van der Waals surface area contributed by atoms with Gasteiger partial charge in [-0.3, -0.25) is 0 Å². The Morgan fingerprint density at radius 1 is 1.00 bits per heavy atom. The second-order valence-corrected chi connectivity index (χ2v) is 2.04. The van der Waals surface area contributed by atoms with Crippen molar-refractivity contribution in [2.24, 2.45) is 0 Å². The average molecular weight is 305 g/mol. The SMILES string of the molecule is CCC[c-]1cccc1.[Cl-].[Cl-].[Cl-].[Zr+4]. The van der Waals surface area contributed by atoms with E-state index < -0.39 is 0 Å². The van der Waals surface area contributed by atoms with Crippen LogP contribution in [0.2, 0.25) is 0 Å². The molecule has 0 unspecified atom stereocenters. The molecule has 0 fully saturated rings. The molecule has 0 spiro atoms. The first-order valence-corrected chi connectivity index (χ1v) is 3.14. The Balaban J connectivity index is -0.0000000800. The third kappa shape index (κ3) is 9.19. The summed E-state index contributed by atoms with van der Waals surface area (Å²) in [5, 5.41) is 0. The smallest absolute Gasteiger partial charge is 1.00 e. The summed E-state index contributed by atoms with van der Waals surface area (Å²) in [5.41, 5.74) is 1.47. The molecular formula is C8H11Cl3Zr. The van der Waals surface area contributed by atoms with Crippen LogP contribution in [-0.2, 0) is 32.6 Å². The van der Waals surface area contributed by atoms with Crippen molar-refractivity contribution in [3.8, 4) is 0 Å². The molecule has 0 atom stereocenters. The Hall–Kier alpha value is 1.10. The van der Waals surface area contributed by atoms with Crippen molar-refractivity contribution >= 4 is 0 Å². The molecule has 0 amide bonds. The second kappa shape index (κ2) is 14.6. The molecule has 0 radical (unpaired) electrons. The zero-order chi connectivity index (χ0) is 5.82. The third-order valence-electron chi connectivity index (χ3n) is 1.27. The van der Waals surface area contributed by atoms with Gasteiger partial charge in [0.15, 0.2) is 0 Å². The molecule has 0 aliphatic rings. The van der Waals surface area contributed by atoms with E-state index in [1.807, 2.05) is 0 Å². The van der Waals surface area contributed by atoms with E-state index in [4.69, 9.17) is 0 Å². The number of hydrogen-bond acceptors (Lipinski definition) is 0. The van der Waals surface area contributed by atoms with Gasteiger partial charge in [-0.15, -0.1) is 0 Å². The van der Waals surface area contributed by atoms with Crippen LogP contribution in [0.15, 0.2) is 24.3 Å². The summed E-state index contributed by atoms with van der Waals surface area (Å²) < 4.78 is 0. The maximum absolute atomic E-state index is 2.20. The summed E-state index contributed by atoms with van der Waals surface area (Å²) in [7, 11) is 0. The predicted molar refractivity (Wildman–Crippen MR) is 36.0 cm³/mol. The molecule has 0 bridgehead atoms. The van der Waals surface area contributed by atoms with Crippen LogP contribution in [0, 0.1) is 0 Å². The molecule has 0 saturated carbocycles. The van der Waals surface area contributed by atoms with Crippen molar-refractivity contribution in [2.45, 2.75) is 19.8 Å². The first-order chi connectivity index (χ1) is 3.93. The van der Waals surface area contributed by atoms with E-state index in [0.29, 0.717) is 0 Å². The van der Waals surface area contributed by atoms with Crippen LogP contribution in [0.1, 0.15) is 18.9 Å². The zero-order valence-corrected chi connectivity index (χ0v) is 11.6. The number of hydrogen-bond donors (Lipinski definition) is 0. The molecule has 0 aliphatic carbocycles. The van der Waals surface area contributed by atoms with E-state index in [1.165, 1.54) is 18.4 Å². The predicted octanol–water partition coefficient (Wildman–Crippen LogP) is -6.63. The minimum atomic E-state index is 0. The van der Waals surface area contributed by atoms with E-state index in [9.17, 15) is 0 Å². The van der Waals surface area contributed by atoms with E-state index in [-0.39, 0.29) is 63.4 Å². The molecule has 12 heavy (non-hydrogen) atoms. The Labute approximate surface area is 112 Å². The van der Waals surface area contributed by atoms with Crippen molar-refractivity contribution in [3.05, 3.63) is 29.8 Å². The van der Waals surface area contributed by atoms with Gasteiger partial charge in [0, 0.05) is 0 Å². The minimum absolute atomic E-state index is 0. The van der Waals surface area contributed by atoms with Gasteiger partial charge in [-0.2, -0.15) is 17.7 Å². The quantitative estimate of drug-likeness (QED) is 0.477. The molecule has 0 nitrogen and oxygen atoms in total. The fourth-order valence-electron chi connectivity index (χ4n) is 0.869. The fraction of sp³-hybridized carbons (Fsp3) is 0.375. The van der Waals surface area contributed by atoms with Crippen LogP contribution in [0.5, 0.6) is 0 Å². The van der Waals surface area contributed by atoms with Gasteiger partial charge in [-0.25, -0.2) is 12.1 Å². The molecule has 0 N–H and O–H groups in total. The average Bonchev–Trinajstić information content (AvgIpc) is 2.19. The maximum Gasteiger partial charge on any atom is 4.00 e. The Kier molecular flexibility index (Phi) is 28.2. The summed E-state index contributed by atoms with van der Waals surface area (Å²) in [4.78, 5) is 0. The summed E-state index contributed by atoms with van der Waals surface area (Å²) in [6.07, 6.45) is 2.48. The van der Waals surface area contributed by atoms with Crippen LogP contribution in [0.3, 0.4) is 0 Å². The van der Waals surface area contributed by atoms with Crippen LogP contribution in [0.25, 0.3) is 0 Å². The number of rotatable bonds is 2. The fourth-order valence-corrected chi connectivity index (χ4v) is 0.869. The molecule has 0 heterocycles.